The summed E-state index contributed by atoms with van der Waals surface area (Å²) in [6.07, 6.45) is 2.15. The van der Waals surface area contributed by atoms with Crippen LogP contribution in [0.3, 0.4) is 0 Å². The largest absolute Gasteiger partial charge is 0.465 e. The van der Waals surface area contributed by atoms with E-state index in [4.69, 9.17) is 5.11 Å². The Morgan fingerprint density at radius 2 is 1.71 bits per heavy atom. The lowest BCUT2D eigenvalue weighted by atomic mass is 10.1. The molecule has 0 bridgehead atoms. The first-order valence-electron chi connectivity index (χ1n) is 11.2. The molecule has 2 saturated heterocycles. The molecule has 3 rings (SSSR count). The van der Waals surface area contributed by atoms with Crippen molar-refractivity contribution in [2.75, 3.05) is 74.4 Å². The van der Waals surface area contributed by atoms with Crippen molar-refractivity contribution in [2.24, 2.45) is 5.92 Å². The number of nitrogens with one attached hydrogen (secondary N) is 2. The van der Waals surface area contributed by atoms with E-state index in [0.29, 0.717) is 32.1 Å². The Hall–Kier alpha value is -2.36. The first-order valence-corrected chi connectivity index (χ1v) is 11.2. The Morgan fingerprint density at radius 1 is 1.03 bits per heavy atom. The minimum absolute atomic E-state index is 0.0308. The maximum absolute atomic E-state index is 15.3. The fraction of sp³-hybridized carbons (Fsp3) is 0.714. The average molecular weight is 441 g/mol. The van der Waals surface area contributed by atoms with Gasteiger partial charge in [0.2, 0.25) is 0 Å². The first kappa shape index (κ1) is 23.3. The second-order valence-electron chi connectivity index (χ2n) is 8.63. The number of hydrogen-bond acceptors (Lipinski definition) is 6. The van der Waals surface area contributed by atoms with E-state index in [2.05, 4.69) is 34.4 Å². The first-order chi connectivity index (χ1) is 14.9. The molecule has 3 heterocycles. The van der Waals surface area contributed by atoms with Gasteiger partial charge in [-0.2, -0.15) is 0 Å². The molecular formula is C21H34F2N6O2. The summed E-state index contributed by atoms with van der Waals surface area (Å²) in [6.45, 7) is 9.07. The zero-order valence-electron chi connectivity index (χ0n) is 18.5. The van der Waals surface area contributed by atoms with E-state index in [0.717, 1.165) is 26.1 Å². The lowest BCUT2D eigenvalue weighted by Gasteiger charge is -2.34. The van der Waals surface area contributed by atoms with E-state index in [1.54, 1.807) is 4.90 Å². The molecule has 2 aliphatic rings. The van der Waals surface area contributed by atoms with Gasteiger partial charge in [-0.3, -0.25) is 0 Å². The summed E-state index contributed by atoms with van der Waals surface area (Å²) in [7, 11) is 0. The van der Waals surface area contributed by atoms with Crippen LogP contribution in [0.1, 0.15) is 33.1 Å². The number of hydrogen-bond donors (Lipinski definition) is 3. The smallest absolute Gasteiger partial charge is 0.407 e. The average Bonchev–Trinajstić information content (AvgIpc) is 3.25. The number of carbonyl (C=O) groups is 1. The molecule has 8 nitrogen and oxygen atoms in total. The molecule has 0 radical (unpaired) electrons. The Bertz CT molecular complexity index is 750. The van der Waals surface area contributed by atoms with Crippen molar-refractivity contribution < 1.29 is 18.7 Å². The molecule has 31 heavy (non-hydrogen) atoms. The number of carboxylic acid groups (broad SMARTS) is 1. The van der Waals surface area contributed by atoms with Crippen molar-refractivity contribution in [3.8, 4) is 0 Å². The molecule has 10 heteroatoms. The standard InChI is InChI=1S/C21H34F2N6O2/c1-15(2)5-6-24-18-16(22)19(25-7-10-27-8-3-4-9-27)26-20(17(18)23)28-11-13-29(14-12-28)21(30)31/h15H,3-14H2,1-2H3,(H,30,31)(H2,24,25,26). The Balaban J connectivity index is 1.77. The molecule has 1 aromatic heterocycles. The molecule has 0 atom stereocenters. The van der Waals surface area contributed by atoms with Crippen LogP contribution in [0.5, 0.6) is 0 Å². The van der Waals surface area contributed by atoms with E-state index >= 15 is 8.78 Å². The fourth-order valence-corrected chi connectivity index (χ4v) is 3.95. The molecule has 0 saturated carbocycles. The number of amides is 1. The lowest BCUT2D eigenvalue weighted by molar-refractivity contribution is 0.142. The SMILES string of the molecule is CC(C)CCNc1c(F)c(NCCN2CCCC2)nc(N2CCN(C(=O)O)CC2)c1F. The molecule has 0 unspecified atom stereocenters. The minimum Gasteiger partial charge on any atom is -0.465 e. The van der Waals surface area contributed by atoms with Gasteiger partial charge in [-0.05, 0) is 38.3 Å². The van der Waals surface area contributed by atoms with Crippen LogP contribution < -0.4 is 15.5 Å². The number of halogens is 2. The molecule has 2 fully saturated rings. The highest BCUT2D eigenvalue weighted by Crippen LogP contribution is 2.32. The second kappa shape index (κ2) is 10.8. The summed E-state index contributed by atoms with van der Waals surface area (Å²) in [4.78, 5) is 20.7. The topological polar surface area (TPSA) is 84.0 Å². The highest BCUT2D eigenvalue weighted by atomic mass is 19.1. The Labute approximate surface area is 182 Å². The molecule has 1 aromatic rings. The number of nitrogens with zero attached hydrogens (tertiary/aromatic N) is 4. The van der Waals surface area contributed by atoms with Gasteiger partial charge in [0.1, 0.15) is 5.69 Å². The van der Waals surface area contributed by atoms with Crippen LogP contribution in [0.15, 0.2) is 0 Å². The Morgan fingerprint density at radius 3 is 2.32 bits per heavy atom. The van der Waals surface area contributed by atoms with E-state index in [-0.39, 0.29) is 30.4 Å². The van der Waals surface area contributed by atoms with E-state index in [9.17, 15) is 4.79 Å². The van der Waals surface area contributed by atoms with Crippen molar-refractivity contribution in [3.63, 3.8) is 0 Å². The van der Waals surface area contributed by atoms with Gasteiger partial charge in [0.05, 0.1) is 0 Å². The highest BCUT2D eigenvalue weighted by molar-refractivity contribution is 5.67. The van der Waals surface area contributed by atoms with Crippen LogP contribution >= 0.6 is 0 Å². The predicted octanol–water partition coefficient (Wildman–Crippen LogP) is 3.13. The third-order valence-electron chi connectivity index (χ3n) is 5.85. The predicted molar refractivity (Wildman–Crippen MR) is 118 cm³/mol. The number of likely N-dealkylation sites (tertiary alicyclic amines) is 1. The summed E-state index contributed by atoms with van der Waals surface area (Å²) in [5.74, 6) is -0.946. The number of piperazine rings is 1. The maximum atomic E-state index is 15.3. The normalized spacial score (nSPS) is 17.5. The maximum Gasteiger partial charge on any atom is 0.407 e. The quantitative estimate of drug-likeness (QED) is 0.544. The summed E-state index contributed by atoms with van der Waals surface area (Å²) in [5, 5.41) is 15.1. The van der Waals surface area contributed by atoms with Gasteiger partial charge in [-0.15, -0.1) is 0 Å². The molecular weight excluding hydrogens is 406 g/mol. The molecule has 0 aliphatic carbocycles. The van der Waals surface area contributed by atoms with Crippen LogP contribution in [0.25, 0.3) is 0 Å². The third kappa shape index (κ3) is 6.09. The van der Waals surface area contributed by atoms with Crippen molar-refractivity contribution in [3.05, 3.63) is 11.6 Å². The number of anilines is 3. The van der Waals surface area contributed by atoms with Crippen LogP contribution in [0, 0.1) is 17.6 Å². The zero-order valence-corrected chi connectivity index (χ0v) is 18.5. The van der Waals surface area contributed by atoms with Crippen molar-refractivity contribution in [1.82, 2.24) is 14.8 Å². The van der Waals surface area contributed by atoms with Gasteiger partial charge < -0.3 is 30.4 Å². The summed E-state index contributed by atoms with van der Waals surface area (Å²) in [6, 6.07) is 0. The zero-order chi connectivity index (χ0) is 22.4. The molecule has 3 N–H and O–H groups in total. The number of pyridine rings is 1. The molecule has 0 aromatic carbocycles. The molecule has 1 amide bonds. The summed E-state index contributed by atoms with van der Waals surface area (Å²) < 4.78 is 30.4. The molecule has 2 aliphatic heterocycles. The van der Waals surface area contributed by atoms with Crippen molar-refractivity contribution in [2.45, 2.75) is 33.1 Å². The highest BCUT2D eigenvalue weighted by Gasteiger charge is 2.27. The summed E-state index contributed by atoms with van der Waals surface area (Å²) >= 11 is 0. The minimum atomic E-state index is -0.993. The second-order valence-corrected chi connectivity index (χ2v) is 8.63. The molecule has 0 spiro atoms. The molecule has 174 valence electrons. The summed E-state index contributed by atoms with van der Waals surface area (Å²) in [5.41, 5.74) is -0.171. The van der Waals surface area contributed by atoms with Crippen molar-refractivity contribution in [1.29, 1.82) is 0 Å². The van der Waals surface area contributed by atoms with Crippen molar-refractivity contribution >= 4 is 23.4 Å². The van der Waals surface area contributed by atoms with Gasteiger partial charge in [-0.1, -0.05) is 13.8 Å². The van der Waals surface area contributed by atoms with Gasteiger partial charge in [0.15, 0.2) is 23.3 Å². The van der Waals surface area contributed by atoms with E-state index in [1.165, 1.54) is 17.7 Å². The van der Waals surface area contributed by atoms with Crippen LogP contribution in [0.2, 0.25) is 0 Å². The van der Waals surface area contributed by atoms with E-state index < -0.39 is 17.7 Å². The lowest BCUT2D eigenvalue weighted by Crippen LogP contribution is -2.49. The van der Waals surface area contributed by atoms with Crippen LogP contribution in [-0.4, -0.2) is 84.9 Å². The third-order valence-corrected chi connectivity index (χ3v) is 5.85. The van der Waals surface area contributed by atoms with E-state index in [1.807, 2.05) is 0 Å². The van der Waals surface area contributed by atoms with Gasteiger partial charge in [0.25, 0.3) is 0 Å². The van der Waals surface area contributed by atoms with Crippen LogP contribution in [-0.2, 0) is 0 Å². The van der Waals surface area contributed by atoms with Crippen LogP contribution in [0.4, 0.5) is 30.9 Å². The Kier molecular flexibility index (Phi) is 8.11. The number of rotatable bonds is 9. The fourth-order valence-electron chi connectivity index (χ4n) is 3.95. The van der Waals surface area contributed by atoms with Gasteiger partial charge in [0, 0.05) is 45.8 Å². The monoisotopic (exact) mass is 440 g/mol. The number of aromatic nitrogens is 1. The van der Waals surface area contributed by atoms with Gasteiger partial charge >= 0.3 is 6.09 Å². The van der Waals surface area contributed by atoms with Gasteiger partial charge in [-0.25, -0.2) is 18.6 Å².